The van der Waals surface area contributed by atoms with Crippen LogP contribution in [0.2, 0.25) is 0 Å². The molecule has 0 amide bonds. The highest BCUT2D eigenvalue weighted by Gasteiger charge is 2.25. The van der Waals surface area contributed by atoms with E-state index in [1.807, 2.05) is 57.2 Å². The van der Waals surface area contributed by atoms with Crippen LogP contribution in [-0.2, 0) is 16.0 Å². The summed E-state index contributed by atoms with van der Waals surface area (Å²) in [6.45, 7) is 9.98. The molecular weight excluding hydrogens is 262 g/mol. The van der Waals surface area contributed by atoms with E-state index in [4.69, 9.17) is 4.74 Å². The van der Waals surface area contributed by atoms with E-state index < -0.39 is 11.6 Å². The van der Waals surface area contributed by atoms with Gasteiger partial charge in [-0.15, -0.1) is 6.58 Å². The van der Waals surface area contributed by atoms with Gasteiger partial charge < -0.3 is 4.74 Å². The average molecular weight is 288 g/mol. The normalized spacial score (nSPS) is 12.7. The zero-order valence-corrected chi connectivity index (χ0v) is 13.3. The van der Waals surface area contributed by atoms with Crippen molar-refractivity contribution in [3.8, 4) is 0 Å². The number of esters is 1. The maximum absolute atomic E-state index is 12.3. The standard InChI is InChI=1S/C18H26NO2/c1-5-6-10-13-19-16(17(20)21-18(2,3)4)14-15-11-8-7-9-12-15/h5,7-9,11-12,16H,1,6,10,13-14H2,2-4H3/t16-/m0/s1. The summed E-state index contributed by atoms with van der Waals surface area (Å²) in [6, 6.07) is 9.50. The minimum atomic E-state index is -0.483. The van der Waals surface area contributed by atoms with Gasteiger partial charge in [-0.25, -0.2) is 5.32 Å². The van der Waals surface area contributed by atoms with Gasteiger partial charge >= 0.3 is 5.97 Å². The lowest BCUT2D eigenvalue weighted by Crippen LogP contribution is -2.39. The lowest BCUT2D eigenvalue weighted by Gasteiger charge is -2.24. The number of nitrogens with zero attached hydrogens (tertiary/aromatic N) is 1. The molecule has 0 fully saturated rings. The predicted octanol–water partition coefficient (Wildman–Crippen LogP) is 3.51. The van der Waals surface area contributed by atoms with Crippen LogP contribution in [0, 0.1) is 0 Å². The lowest BCUT2D eigenvalue weighted by molar-refractivity contribution is -0.157. The van der Waals surface area contributed by atoms with Crippen LogP contribution in [0.15, 0.2) is 43.0 Å². The molecule has 0 heterocycles. The van der Waals surface area contributed by atoms with Gasteiger partial charge in [-0.3, -0.25) is 4.79 Å². The summed E-state index contributed by atoms with van der Waals surface area (Å²) in [7, 11) is 0. The van der Waals surface area contributed by atoms with Crippen LogP contribution in [-0.4, -0.2) is 24.2 Å². The summed E-state index contributed by atoms with van der Waals surface area (Å²) in [6.07, 6.45) is 4.28. The highest BCUT2D eigenvalue weighted by atomic mass is 16.6. The summed E-state index contributed by atoms with van der Waals surface area (Å²) >= 11 is 0. The van der Waals surface area contributed by atoms with Crippen molar-refractivity contribution in [2.24, 2.45) is 0 Å². The van der Waals surface area contributed by atoms with E-state index in [-0.39, 0.29) is 5.97 Å². The fraction of sp³-hybridized carbons (Fsp3) is 0.500. The first-order chi connectivity index (χ1) is 9.92. The van der Waals surface area contributed by atoms with E-state index in [9.17, 15) is 4.79 Å². The molecule has 115 valence electrons. The second-order valence-electron chi connectivity index (χ2n) is 6.08. The molecular formula is C18H26NO2. The van der Waals surface area contributed by atoms with Gasteiger partial charge in [0.15, 0.2) is 0 Å². The summed E-state index contributed by atoms with van der Waals surface area (Å²) in [5.74, 6) is -0.245. The molecule has 0 saturated carbocycles. The van der Waals surface area contributed by atoms with Gasteiger partial charge in [-0.05, 0) is 39.2 Å². The van der Waals surface area contributed by atoms with Crippen molar-refractivity contribution in [2.45, 2.75) is 51.7 Å². The third-order valence-corrected chi connectivity index (χ3v) is 2.87. The van der Waals surface area contributed by atoms with Crippen molar-refractivity contribution in [1.29, 1.82) is 0 Å². The van der Waals surface area contributed by atoms with Crippen molar-refractivity contribution < 1.29 is 9.53 Å². The van der Waals surface area contributed by atoms with Gasteiger partial charge in [-0.1, -0.05) is 36.4 Å². The van der Waals surface area contributed by atoms with Gasteiger partial charge in [0.2, 0.25) is 0 Å². The monoisotopic (exact) mass is 288 g/mol. The number of carbonyl (C=O) groups is 1. The smallest absolute Gasteiger partial charge is 0.325 e. The maximum atomic E-state index is 12.3. The van der Waals surface area contributed by atoms with Crippen molar-refractivity contribution in [1.82, 2.24) is 5.32 Å². The Hall–Kier alpha value is -1.61. The molecule has 0 bridgehead atoms. The zero-order valence-electron chi connectivity index (χ0n) is 13.3. The Morgan fingerprint density at radius 2 is 2.00 bits per heavy atom. The predicted molar refractivity (Wildman–Crippen MR) is 86.2 cm³/mol. The fourth-order valence-electron chi connectivity index (χ4n) is 1.91. The van der Waals surface area contributed by atoms with E-state index in [1.165, 1.54) is 0 Å². The SMILES string of the molecule is C=CCCC[N][C@@H](Cc1ccccc1)C(=O)OC(C)(C)C. The largest absolute Gasteiger partial charge is 0.459 e. The first-order valence-corrected chi connectivity index (χ1v) is 7.46. The Balaban J connectivity index is 2.64. The molecule has 0 spiro atoms. The van der Waals surface area contributed by atoms with Crippen LogP contribution in [0.25, 0.3) is 0 Å². The number of rotatable bonds is 8. The van der Waals surface area contributed by atoms with Crippen LogP contribution < -0.4 is 5.32 Å². The first-order valence-electron chi connectivity index (χ1n) is 7.46. The van der Waals surface area contributed by atoms with Crippen molar-refractivity contribution >= 4 is 5.97 Å². The van der Waals surface area contributed by atoms with Crippen LogP contribution >= 0.6 is 0 Å². The molecule has 0 aromatic heterocycles. The lowest BCUT2D eigenvalue weighted by atomic mass is 10.1. The van der Waals surface area contributed by atoms with Gasteiger partial charge in [0.25, 0.3) is 0 Å². The minimum absolute atomic E-state index is 0.245. The maximum Gasteiger partial charge on any atom is 0.325 e. The van der Waals surface area contributed by atoms with E-state index in [1.54, 1.807) is 0 Å². The van der Waals surface area contributed by atoms with Gasteiger partial charge in [-0.2, -0.15) is 0 Å². The molecule has 0 unspecified atom stereocenters. The number of unbranched alkanes of at least 4 members (excludes halogenated alkanes) is 1. The molecule has 0 N–H and O–H groups in total. The number of allylic oxidation sites excluding steroid dienone is 1. The van der Waals surface area contributed by atoms with Crippen LogP contribution in [0.5, 0.6) is 0 Å². The van der Waals surface area contributed by atoms with E-state index in [0.717, 1.165) is 18.4 Å². The summed E-state index contributed by atoms with van der Waals surface area (Å²) in [5, 5.41) is 4.52. The summed E-state index contributed by atoms with van der Waals surface area (Å²) in [5.41, 5.74) is 0.615. The van der Waals surface area contributed by atoms with Gasteiger partial charge in [0, 0.05) is 13.0 Å². The van der Waals surface area contributed by atoms with E-state index >= 15 is 0 Å². The molecule has 3 nitrogen and oxygen atoms in total. The molecule has 0 saturated heterocycles. The van der Waals surface area contributed by atoms with Gasteiger partial charge in [0.05, 0.1) is 0 Å². The molecule has 1 aromatic rings. The highest BCUT2D eigenvalue weighted by molar-refractivity contribution is 5.76. The molecule has 21 heavy (non-hydrogen) atoms. The van der Waals surface area contributed by atoms with Crippen LogP contribution in [0.4, 0.5) is 0 Å². The Morgan fingerprint density at radius 3 is 2.57 bits per heavy atom. The zero-order chi connectivity index (χ0) is 15.7. The molecule has 0 aliphatic rings. The third-order valence-electron chi connectivity index (χ3n) is 2.87. The number of hydrogen-bond acceptors (Lipinski definition) is 2. The van der Waals surface area contributed by atoms with Crippen LogP contribution in [0.3, 0.4) is 0 Å². The molecule has 1 atom stereocenters. The second kappa shape index (κ2) is 8.63. The Morgan fingerprint density at radius 1 is 1.33 bits per heavy atom. The van der Waals surface area contributed by atoms with Crippen LogP contribution in [0.1, 0.15) is 39.2 Å². The Labute approximate surface area is 128 Å². The number of carbonyl (C=O) groups excluding carboxylic acids is 1. The number of benzene rings is 1. The quantitative estimate of drug-likeness (QED) is 0.417. The average Bonchev–Trinajstić information content (AvgIpc) is 2.41. The van der Waals surface area contributed by atoms with E-state index in [2.05, 4.69) is 11.9 Å². The molecule has 3 heteroatoms. The molecule has 0 aliphatic carbocycles. The molecule has 0 aliphatic heterocycles. The molecule has 1 aromatic carbocycles. The third kappa shape index (κ3) is 7.66. The number of hydrogen-bond donors (Lipinski definition) is 0. The van der Waals surface area contributed by atoms with Crippen molar-refractivity contribution in [2.75, 3.05) is 6.54 Å². The fourth-order valence-corrected chi connectivity index (χ4v) is 1.91. The van der Waals surface area contributed by atoms with Crippen molar-refractivity contribution in [3.05, 3.63) is 48.6 Å². The topological polar surface area (TPSA) is 40.4 Å². The Bertz CT molecular complexity index is 434. The molecule has 1 radical (unpaired) electrons. The molecule has 1 rings (SSSR count). The summed E-state index contributed by atoms with van der Waals surface area (Å²) < 4.78 is 5.48. The first kappa shape index (κ1) is 17.4. The Kier molecular flexibility index (Phi) is 7.17. The summed E-state index contributed by atoms with van der Waals surface area (Å²) in [4.78, 5) is 12.3. The highest BCUT2D eigenvalue weighted by Crippen LogP contribution is 2.12. The minimum Gasteiger partial charge on any atom is -0.459 e. The van der Waals surface area contributed by atoms with E-state index in [0.29, 0.717) is 13.0 Å². The van der Waals surface area contributed by atoms with Crippen molar-refractivity contribution in [3.63, 3.8) is 0 Å². The number of ether oxygens (including phenoxy) is 1. The second-order valence-corrected chi connectivity index (χ2v) is 6.08. The van der Waals surface area contributed by atoms with Gasteiger partial charge in [0.1, 0.15) is 11.6 Å².